The van der Waals surface area contributed by atoms with Gasteiger partial charge in [0, 0.05) is 18.8 Å². The lowest BCUT2D eigenvalue weighted by molar-refractivity contribution is -0.936. The first kappa shape index (κ1) is 23.3. The molecule has 1 aromatic heterocycles. The van der Waals surface area contributed by atoms with Crippen molar-refractivity contribution in [3.8, 4) is 0 Å². The van der Waals surface area contributed by atoms with Crippen LogP contribution >= 0.6 is 0 Å². The lowest BCUT2D eigenvalue weighted by Gasteiger charge is -2.44. The fraction of sp³-hybridized carbons (Fsp3) is 0.542. The van der Waals surface area contributed by atoms with Gasteiger partial charge in [0.05, 0.1) is 20.1 Å². The number of quaternary nitrogens is 1. The molecule has 1 saturated heterocycles. The zero-order valence-electron chi connectivity index (χ0n) is 19.0. The fourth-order valence-corrected chi connectivity index (χ4v) is 5.41. The first-order valence-electron chi connectivity index (χ1n) is 11.6. The average molecular weight is 455 g/mol. The number of esters is 1. The van der Waals surface area contributed by atoms with Gasteiger partial charge in [-0.05, 0) is 18.4 Å². The first-order valence-corrected chi connectivity index (χ1v) is 11.6. The highest BCUT2D eigenvalue weighted by Gasteiger charge is 2.50. The van der Waals surface area contributed by atoms with E-state index in [0.29, 0.717) is 41.8 Å². The third-order valence-electron chi connectivity index (χ3n) is 7.32. The Bertz CT molecular complexity index is 959. The largest absolute Gasteiger partial charge is 0.460 e. The predicted octanol–water partition coefficient (Wildman–Crippen LogP) is 1.63. The summed E-state index contributed by atoms with van der Waals surface area (Å²) in [5.41, 5.74) is 4.66. The number of piperidine rings is 1. The predicted molar refractivity (Wildman–Crippen MR) is 119 cm³/mol. The molecule has 1 aromatic carbocycles. The molecular formula is C24H32N5O4+. The summed E-state index contributed by atoms with van der Waals surface area (Å²) < 4.78 is 6.24. The molecule has 9 nitrogen and oxygen atoms in total. The molecule has 3 N–H and O–H groups in total. The second-order valence-electron chi connectivity index (χ2n) is 9.45. The Kier molecular flexibility index (Phi) is 6.71. The van der Waals surface area contributed by atoms with Crippen LogP contribution in [0.25, 0.3) is 0 Å². The van der Waals surface area contributed by atoms with Crippen LogP contribution in [0.3, 0.4) is 0 Å². The van der Waals surface area contributed by atoms with E-state index in [9.17, 15) is 14.7 Å². The van der Waals surface area contributed by atoms with Gasteiger partial charge in [0.15, 0.2) is 11.4 Å². The smallest absolute Gasteiger partial charge is 0.343 e. The molecular weight excluding hydrogens is 422 g/mol. The van der Waals surface area contributed by atoms with E-state index in [2.05, 4.69) is 15.0 Å². The Morgan fingerprint density at radius 2 is 1.70 bits per heavy atom. The van der Waals surface area contributed by atoms with Crippen molar-refractivity contribution in [3.05, 3.63) is 54.4 Å². The average Bonchev–Trinajstić information content (AvgIpc) is 3.37. The summed E-state index contributed by atoms with van der Waals surface area (Å²) in [5, 5.41) is 11.6. The van der Waals surface area contributed by atoms with Crippen LogP contribution in [0.15, 0.2) is 43.0 Å². The molecule has 2 aromatic rings. The second-order valence-corrected chi connectivity index (χ2v) is 9.45. The van der Waals surface area contributed by atoms with Gasteiger partial charge in [0.2, 0.25) is 6.04 Å². The van der Waals surface area contributed by atoms with Crippen molar-refractivity contribution >= 4 is 11.9 Å². The molecule has 9 heteroatoms. The summed E-state index contributed by atoms with van der Waals surface area (Å²) >= 11 is 0. The van der Waals surface area contributed by atoms with E-state index < -0.39 is 23.5 Å². The molecule has 2 heterocycles. The number of likely N-dealkylation sites (N-methyl/N-ethyl adjacent to an activating group) is 1. The van der Waals surface area contributed by atoms with Crippen molar-refractivity contribution in [2.75, 3.05) is 20.1 Å². The number of amides is 1. The summed E-state index contributed by atoms with van der Waals surface area (Å²) in [5.74, 6) is -0.889. The second kappa shape index (κ2) is 9.52. The number of aliphatic hydroxyl groups is 1. The van der Waals surface area contributed by atoms with E-state index in [0.717, 1.165) is 25.7 Å². The molecule has 0 spiro atoms. The SMILES string of the molecule is C[N+]1(C(C(N)=O)c2ncncn2)CCC(OC(=O)C(O)(c2ccccc2)C2CCCC2)CC1. The fourth-order valence-electron chi connectivity index (χ4n) is 5.41. The van der Waals surface area contributed by atoms with Gasteiger partial charge in [-0.3, -0.25) is 4.79 Å². The van der Waals surface area contributed by atoms with Gasteiger partial charge in [0.25, 0.3) is 5.91 Å². The van der Waals surface area contributed by atoms with Crippen molar-refractivity contribution in [2.45, 2.75) is 56.3 Å². The van der Waals surface area contributed by atoms with E-state index >= 15 is 0 Å². The van der Waals surface area contributed by atoms with Crippen molar-refractivity contribution < 1.29 is 23.9 Å². The van der Waals surface area contributed by atoms with Crippen LogP contribution in [0.2, 0.25) is 0 Å². The van der Waals surface area contributed by atoms with Crippen molar-refractivity contribution in [1.82, 2.24) is 15.0 Å². The molecule has 0 radical (unpaired) electrons. The Balaban J connectivity index is 1.47. The number of carbonyl (C=O) groups excluding carboxylic acids is 2. The summed E-state index contributed by atoms with van der Waals surface area (Å²) in [6.07, 6.45) is 7.05. The number of aromatic nitrogens is 3. The number of likely N-dealkylation sites (tertiary alicyclic amines) is 1. The molecule has 4 rings (SSSR count). The van der Waals surface area contributed by atoms with E-state index in [1.54, 1.807) is 12.1 Å². The molecule has 2 aliphatic rings. The molecule has 0 bridgehead atoms. The van der Waals surface area contributed by atoms with Crippen molar-refractivity contribution in [3.63, 3.8) is 0 Å². The number of nitrogens with two attached hydrogens (primary N) is 1. The number of primary amides is 1. The number of nitrogens with zero attached hydrogens (tertiary/aromatic N) is 4. The van der Waals surface area contributed by atoms with Gasteiger partial charge in [0.1, 0.15) is 18.8 Å². The minimum atomic E-state index is -1.64. The Hall–Kier alpha value is -2.91. The van der Waals surface area contributed by atoms with Crippen LogP contribution in [0.5, 0.6) is 0 Å². The van der Waals surface area contributed by atoms with Gasteiger partial charge in [-0.25, -0.2) is 19.7 Å². The quantitative estimate of drug-likeness (QED) is 0.481. The molecule has 1 aliphatic heterocycles. The number of hydrogen-bond donors (Lipinski definition) is 2. The summed E-state index contributed by atoms with van der Waals surface area (Å²) in [7, 11) is 1.94. The first-order chi connectivity index (χ1) is 15.8. The van der Waals surface area contributed by atoms with Crippen LogP contribution < -0.4 is 5.73 Å². The maximum atomic E-state index is 13.4. The molecule has 2 atom stereocenters. The van der Waals surface area contributed by atoms with Gasteiger partial charge >= 0.3 is 5.97 Å². The van der Waals surface area contributed by atoms with E-state index in [-0.39, 0.29) is 12.0 Å². The van der Waals surface area contributed by atoms with Crippen LogP contribution in [0, 0.1) is 5.92 Å². The minimum absolute atomic E-state index is 0.153. The van der Waals surface area contributed by atoms with Gasteiger partial charge < -0.3 is 20.1 Å². The molecule has 176 valence electrons. The number of rotatable bonds is 7. The number of hydrogen-bond acceptors (Lipinski definition) is 7. The third kappa shape index (κ3) is 4.60. The van der Waals surface area contributed by atoms with E-state index in [1.807, 2.05) is 25.2 Å². The zero-order valence-corrected chi connectivity index (χ0v) is 19.0. The normalized spacial score (nSPS) is 26.3. The third-order valence-corrected chi connectivity index (χ3v) is 7.32. The maximum Gasteiger partial charge on any atom is 0.343 e. The molecule has 2 unspecified atom stereocenters. The van der Waals surface area contributed by atoms with E-state index in [1.165, 1.54) is 12.7 Å². The Morgan fingerprint density at radius 1 is 1.09 bits per heavy atom. The van der Waals surface area contributed by atoms with Gasteiger partial charge in [-0.2, -0.15) is 0 Å². The molecule has 1 saturated carbocycles. The Labute approximate surface area is 193 Å². The van der Waals surface area contributed by atoms with Crippen LogP contribution in [-0.2, 0) is 19.9 Å². The number of carbonyl (C=O) groups is 2. The lowest BCUT2D eigenvalue weighted by atomic mass is 9.80. The van der Waals surface area contributed by atoms with Crippen molar-refractivity contribution in [1.29, 1.82) is 0 Å². The lowest BCUT2D eigenvalue weighted by Crippen LogP contribution is -2.57. The van der Waals surface area contributed by atoms with Gasteiger partial charge in [-0.15, -0.1) is 0 Å². The molecule has 1 amide bonds. The summed E-state index contributed by atoms with van der Waals surface area (Å²) in [4.78, 5) is 37.8. The van der Waals surface area contributed by atoms with Crippen LogP contribution in [0.4, 0.5) is 0 Å². The van der Waals surface area contributed by atoms with Gasteiger partial charge in [-0.1, -0.05) is 43.2 Å². The highest BCUT2D eigenvalue weighted by molar-refractivity contribution is 5.82. The monoisotopic (exact) mass is 454 g/mol. The number of benzene rings is 1. The topological polar surface area (TPSA) is 128 Å². The summed E-state index contributed by atoms with van der Waals surface area (Å²) in [6, 6.07) is 8.41. The van der Waals surface area contributed by atoms with Crippen molar-refractivity contribution in [2.24, 2.45) is 11.7 Å². The minimum Gasteiger partial charge on any atom is -0.460 e. The molecule has 1 aliphatic carbocycles. The van der Waals surface area contributed by atoms with Crippen LogP contribution in [0.1, 0.15) is 56.0 Å². The maximum absolute atomic E-state index is 13.4. The highest BCUT2D eigenvalue weighted by Crippen LogP contribution is 2.42. The molecule has 33 heavy (non-hydrogen) atoms. The van der Waals surface area contributed by atoms with E-state index in [4.69, 9.17) is 10.5 Å². The Morgan fingerprint density at radius 3 is 2.27 bits per heavy atom. The summed E-state index contributed by atoms with van der Waals surface area (Å²) in [6.45, 7) is 1.12. The standard InChI is InChI=1S/C24H31N5O4/c1-29(20(21(25)30)22-27-15-26-16-28-22)13-11-19(12-14-29)33-23(31)24(32,18-9-5-6-10-18)17-7-3-2-4-8-17/h2-4,7-8,15-16,18-20,32H,5-6,9-14H2,1H3,(H-,25,30)/p+1. The highest BCUT2D eigenvalue weighted by atomic mass is 16.6. The zero-order chi connectivity index (χ0) is 23.5. The molecule has 2 fully saturated rings. The number of ether oxygens (including phenoxy) is 1. The van der Waals surface area contributed by atoms with Crippen LogP contribution in [-0.4, -0.2) is 62.7 Å².